The fourth-order valence-corrected chi connectivity index (χ4v) is 4.28. The van der Waals surface area contributed by atoms with E-state index in [0.717, 1.165) is 5.56 Å². The summed E-state index contributed by atoms with van der Waals surface area (Å²) >= 11 is 0. The van der Waals surface area contributed by atoms with E-state index >= 15 is 0 Å². The van der Waals surface area contributed by atoms with Crippen molar-refractivity contribution in [1.82, 2.24) is 0 Å². The minimum atomic E-state index is -1.60. The number of non-ortho nitro benzene ring substituents is 1. The molecule has 8 nitrogen and oxygen atoms in total. The van der Waals surface area contributed by atoms with Crippen molar-refractivity contribution in [1.29, 1.82) is 0 Å². The van der Waals surface area contributed by atoms with Crippen molar-refractivity contribution in [3.05, 3.63) is 81.4 Å². The summed E-state index contributed by atoms with van der Waals surface area (Å²) in [6.07, 6.45) is 0. The highest BCUT2D eigenvalue weighted by atomic mass is 32.2. The third-order valence-electron chi connectivity index (χ3n) is 4.99. The summed E-state index contributed by atoms with van der Waals surface area (Å²) < 4.78 is 24.4. The van der Waals surface area contributed by atoms with Crippen LogP contribution in [0.1, 0.15) is 21.5 Å². The first-order chi connectivity index (χ1) is 14.9. The molecule has 9 heteroatoms. The second kappa shape index (κ2) is 8.83. The molecule has 2 aromatic carbocycles. The van der Waals surface area contributed by atoms with E-state index in [1.165, 1.54) is 30.3 Å². The summed E-state index contributed by atoms with van der Waals surface area (Å²) in [5, 5.41) is 11.1. The predicted molar refractivity (Wildman–Crippen MR) is 114 cm³/mol. The van der Waals surface area contributed by atoms with E-state index in [0.29, 0.717) is 37.1 Å². The monoisotopic (exact) mass is 440 g/mol. The van der Waals surface area contributed by atoms with Gasteiger partial charge in [-0.25, -0.2) is 4.21 Å². The number of furan rings is 1. The highest BCUT2D eigenvalue weighted by Gasteiger charge is 2.27. The van der Waals surface area contributed by atoms with Gasteiger partial charge in [-0.05, 0) is 31.2 Å². The quantitative estimate of drug-likeness (QED) is 0.327. The molecule has 0 bridgehead atoms. The van der Waals surface area contributed by atoms with Gasteiger partial charge in [0, 0.05) is 41.7 Å². The first-order valence-corrected chi connectivity index (χ1v) is 10.8. The molecular formula is C22H20N2O6S. The van der Waals surface area contributed by atoms with Crippen LogP contribution in [0.2, 0.25) is 0 Å². The summed E-state index contributed by atoms with van der Waals surface area (Å²) in [4.78, 5) is 26.1. The van der Waals surface area contributed by atoms with Crippen molar-refractivity contribution in [3.8, 4) is 0 Å². The van der Waals surface area contributed by atoms with Crippen LogP contribution in [-0.4, -0.2) is 41.2 Å². The third kappa shape index (κ3) is 4.42. The van der Waals surface area contributed by atoms with Crippen molar-refractivity contribution in [3.63, 3.8) is 0 Å². The van der Waals surface area contributed by atoms with Crippen molar-refractivity contribution in [2.24, 2.45) is 0 Å². The van der Waals surface area contributed by atoms with Crippen LogP contribution < -0.4 is 4.90 Å². The number of ether oxygens (including phenoxy) is 1. The number of nitro benzene ring substituents is 1. The molecule has 4 rings (SSSR count). The normalized spacial score (nSPS) is 14.9. The van der Waals surface area contributed by atoms with Crippen LogP contribution in [0.25, 0.3) is 0 Å². The molecule has 0 aliphatic carbocycles. The standard InChI is InChI=1S/C22H20N2O6S/c1-15-2-8-18(9-3-15)31(28)20-14-19(22(30-20)23-10-12-29-13-11-23)21(25)16-4-6-17(7-5-16)24(26)27/h2-9,14H,10-13H2,1H3/t31-/m1/s1. The van der Waals surface area contributed by atoms with Crippen molar-refractivity contribution in [2.45, 2.75) is 16.9 Å². The van der Waals surface area contributed by atoms with Crippen LogP contribution in [0.15, 0.2) is 69.0 Å². The summed E-state index contributed by atoms with van der Waals surface area (Å²) in [5.74, 6) is -0.0191. The van der Waals surface area contributed by atoms with E-state index in [1.54, 1.807) is 12.1 Å². The summed E-state index contributed by atoms with van der Waals surface area (Å²) in [6.45, 7) is 3.98. The molecule has 1 saturated heterocycles. The summed E-state index contributed by atoms with van der Waals surface area (Å²) in [7, 11) is -1.60. The maximum absolute atomic E-state index is 13.2. The fraction of sp³-hybridized carbons (Fsp3) is 0.227. The van der Waals surface area contributed by atoms with E-state index in [-0.39, 0.29) is 27.7 Å². The first-order valence-electron chi connectivity index (χ1n) is 9.68. The maximum atomic E-state index is 13.2. The van der Waals surface area contributed by atoms with Crippen LogP contribution >= 0.6 is 0 Å². The molecule has 1 aromatic heterocycles. The van der Waals surface area contributed by atoms with Crippen LogP contribution in [0.4, 0.5) is 11.6 Å². The van der Waals surface area contributed by atoms with Crippen LogP contribution in [0.3, 0.4) is 0 Å². The lowest BCUT2D eigenvalue weighted by Gasteiger charge is -2.27. The molecule has 1 atom stereocenters. The Labute approximate surface area is 181 Å². The Hall–Kier alpha value is -3.30. The van der Waals surface area contributed by atoms with E-state index in [9.17, 15) is 19.1 Å². The van der Waals surface area contributed by atoms with E-state index in [4.69, 9.17) is 9.15 Å². The second-order valence-corrected chi connectivity index (χ2v) is 8.51. The molecule has 1 fully saturated rings. The number of morpholine rings is 1. The molecule has 31 heavy (non-hydrogen) atoms. The van der Waals surface area contributed by atoms with Gasteiger partial charge in [0.1, 0.15) is 10.8 Å². The smallest absolute Gasteiger partial charge is 0.269 e. The summed E-state index contributed by atoms with van der Waals surface area (Å²) in [5.41, 5.74) is 1.50. The number of nitro groups is 1. The lowest BCUT2D eigenvalue weighted by atomic mass is 10.0. The second-order valence-electron chi connectivity index (χ2n) is 7.10. The lowest BCUT2D eigenvalue weighted by Crippen LogP contribution is -2.36. The number of aryl methyl sites for hydroxylation is 1. The van der Waals surface area contributed by atoms with Gasteiger partial charge in [-0.2, -0.15) is 0 Å². The van der Waals surface area contributed by atoms with E-state index in [2.05, 4.69) is 0 Å². The average molecular weight is 440 g/mol. The van der Waals surface area contributed by atoms with Gasteiger partial charge in [0.2, 0.25) is 5.88 Å². The molecule has 2 heterocycles. The Bertz CT molecular complexity index is 1130. The van der Waals surface area contributed by atoms with Gasteiger partial charge < -0.3 is 14.1 Å². The minimum absolute atomic E-state index is 0.0988. The number of rotatable bonds is 6. The Morgan fingerprint density at radius 1 is 1.06 bits per heavy atom. The number of hydrogen-bond acceptors (Lipinski definition) is 7. The van der Waals surface area contributed by atoms with Gasteiger partial charge in [0.25, 0.3) is 5.69 Å². The van der Waals surface area contributed by atoms with Crippen molar-refractivity contribution in [2.75, 3.05) is 31.2 Å². The number of carbonyl (C=O) groups is 1. The molecule has 0 radical (unpaired) electrons. The third-order valence-corrected chi connectivity index (χ3v) is 6.26. The fourth-order valence-electron chi connectivity index (χ4n) is 3.28. The first kappa shape index (κ1) is 21.0. The molecular weight excluding hydrogens is 420 g/mol. The van der Waals surface area contributed by atoms with Gasteiger partial charge in [0.05, 0.1) is 23.7 Å². The van der Waals surface area contributed by atoms with Crippen LogP contribution in [0, 0.1) is 17.0 Å². The van der Waals surface area contributed by atoms with Crippen molar-refractivity contribution >= 4 is 28.2 Å². The molecule has 0 unspecified atom stereocenters. The zero-order valence-electron chi connectivity index (χ0n) is 16.8. The number of benzene rings is 2. The van der Waals surface area contributed by atoms with Gasteiger partial charge in [0.15, 0.2) is 10.9 Å². The molecule has 160 valence electrons. The van der Waals surface area contributed by atoms with Gasteiger partial charge in [-0.1, -0.05) is 17.7 Å². The molecule has 0 amide bonds. The number of hydrogen-bond donors (Lipinski definition) is 0. The van der Waals surface area contributed by atoms with Crippen LogP contribution in [-0.2, 0) is 15.5 Å². The number of anilines is 1. The van der Waals surface area contributed by atoms with Gasteiger partial charge in [-0.3, -0.25) is 14.9 Å². The maximum Gasteiger partial charge on any atom is 0.269 e. The number of nitrogens with zero attached hydrogens (tertiary/aromatic N) is 2. The highest BCUT2D eigenvalue weighted by Crippen LogP contribution is 2.32. The highest BCUT2D eigenvalue weighted by molar-refractivity contribution is 7.85. The summed E-state index contributed by atoms with van der Waals surface area (Å²) in [6, 6.07) is 14.1. The molecule has 0 N–H and O–H groups in total. The largest absolute Gasteiger partial charge is 0.431 e. The lowest BCUT2D eigenvalue weighted by molar-refractivity contribution is -0.384. The van der Waals surface area contributed by atoms with E-state index in [1.807, 2.05) is 24.0 Å². The number of ketones is 1. The van der Waals surface area contributed by atoms with Gasteiger partial charge >= 0.3 is 0 Å². The Kier molecular flexibility index (Phi) is 5.97. The Morgan fingerprint density at radius 2 is 1.71 bits per heavy atom. The SMILES string of the molecule is Cc1ccc([S@@](=O)c2cc(C(=O)c3ccc([N+](=O)[O-])cc3)c(N3CCOCC3)o2)cc1. The Balaban J connectivity index is 1.72. The molecule has 1 aliphatic rings. The topological polar surface area (TPSA) is 103 Å². The molecule has 1 aliphatic heterocycles. The minimum Gasteiger partial charge on any atom is -0.431 e. The van der Waals surface area contributed by atoms with Crippen molar-refractivity contribution < 1.29 is 23.1 Å². The molecule has 3 aromatic rings. The molecule has 0 saturated carbocycles. The molecule has 0 spiro atoms. The zero-order valence-corrected chi connectivity index (χ0v) is 17.6. The predicted octanol–water partition coefficient (Wildman–Crippen LogP) is 3.73. The number of carbonyl (C=O) groups excluding carboxylic acids is 1. The Morgan fingerprint density at radius 3 is 2.32 bits per heavy atom. The van der Waals surface area contributed by atoms with Crippen LogP contribution in [0.5, 0.6) is 0 Å². The van der Waals surface area contributed by atoms with E-state index < -0.39 is 15.7 Å². The average Bonchev–Trinajstić information content (AvgIpc) is 3.25. The zero-order chi connectivity index (χ0) is 22.0. The van der Waals surface area contributed by atoms with Gasteiger partial charge in [-0.15, -0.1) is 0 Å².